The minimum Gasteiger partial charge on any atom is -0.480 e. The highest BCUT2D eigenvalue weighted by molar-refractivity contribution is 5.81. The average molecular weight is 181 g/mol. The van der Waals surface area contributed by atoms with Gasteiger partial charge in [-0.05, 0) is 23.8 Å². The van der Waals surface area contributed by atoms with Gasteiger partial charge in [-0.25, -0.2) is 9.18 Å². The molecule has 1 unspecified atom stereocenters. The fourth-order valence-corrected chi connectivity index (χ4v) is 1.48. The molecular formula is C9H8FNO2. The molecule has 0 saturated carbocycles. The molecule has 0 fully saturated rings. The Morgan fingerprint density at radius 3 is 3.08 bits per heavy atom. The standard InChI is InChI=1S/C9H8FNO2/c10-6-1-2-7-5(3-6)4-8(11-7)9(12)13/h1-3,8,11H,4H2,(H,12,13). The van der Waals surface area contributed by atoms with E-state index < -0.39 is 12.0 Å². The van der Waals surface area contributed by atoms with Crippen molar-refractivity contribution >= 4 is 11.7 Å². The van der Waals surface area contributed by atoms with Crippen LogP contribution in [0.15, 0.2) is 18.2 Å². The molecule has 0 aromatic heterocycles. The van der Waals surface area contributed by atoms with E-state index in [4.69, 9.17) is 5.11 Å². The van der Waals surface area contributed by atoms with Crippen molar-refractivity contribution in [2.75, 3.05) is 5.32 Å². The third kappa shape index (κ3) is 1.35. The van der Waals surface area contributed by atoms with Crippen LogP contribution in [-0.4, -0.2) is 17.1 Å². The van der Waals surface area contributed by atoms with Gasteiger partial charge in [-0.3, -0.25) is 0 Å². The minimum absolute atomic E-state index is 0.327. The minimum atomic E-state index is -0.906. The molecule has 0 amide bonds. The van der Waals surface area contributed by atoms with Crippen molar-refractivity contribution in [3.63, 3.8) is 0 Å². The lowest BCUT2D eigenvalue weighted by atomic mass is 10.1. The summed E-state index contributed by atoms with van der Waals surface area (Å²) < 4.78 is 12.7. The number of aliphatic carboxylic acids is 1. The predicted octanol–water partition coefficient (Wildman–Crippen LogP) is 1.25. The number of halogens is 1. The smallest absolute Gasteiger partial charge is 0.326 e. The molecule has 2 rings (SSSR count). The Morgan fingerprint density at radius 1 is 1.62 bits per heavy atom. The lowest BCUT2D eigenvalue weighted by molar-refractivity contribution is -0.137. The lowest BCUT2D eigenvalue weighted by Crippen LogP contribution is -2.26. The van der Waals surface area contributed by atoms with Crippen LogP contribution >= 0.6 is 0 Å². The van der Waals surface area contributed by atoms with Gasteiger partial charge in [-0.15, -0.1) is 0 Å². The molecule has 13 heavy (non-hydrogen) atoms. The third-order valence-corrected chi connectivity index (χ3v) is 2.12. The summed E-state index contributed by atoms with van der Waals surface area (Å²) >= 11 is 0. The van der Waals surface area contributed by atoms with Crippen LogP contribution in [0.4, 0.5) is 10.1 Å². The second-order valence-corrected chi connectivity index (χ2v) is 3.04. The Morgan fingerprint density at radius 2 is 2.38 bits per heavy atom. The Hall–Kier alpha value is -1.58. The van der Waals surface area contributed by atoms with Crippen LogP contribution in [0.1, 0.15) is 5.56 Å². The summed E-state index contributed by atoms with van der Waals surface area (Å²) in [4.78, 5) is 10.6. The SMILES string of the molecule is O=C(O)C1Cc2cc(F)ccc2N1. The van der Waals surface area contributed by atoms with Gasteiger partial charge >= 0.3 is 5.97 Å². The maximum absolute atomic E-state index is 12.7. The van der Waals surface area contributed by atoms with Gasteiger partial charge in [-0.2, -0.15) is 0 Å². The summed E-state index contributed by atoms with van der Waals surface area (Å²) in [5.74, 6) is -1.23. The zero-order valence-corrected chi connectivity index (χ0v) is 6.75. The molecule has 0 saturated heterocycles. The Kier molecular flexibility index (Phi) is 1.69. The Labute approximate surface area is 74.2 Å². The summed E-state index contributed by atoms with van der Waals surface area (Å²) in [7, 11) is 0. The number of carboxylic acids is 1. The molecule has 68 valence electrons. The Bertz CT molecular complexity index is 365. The number of benzene rings is 1. The van der Waals surface area contributed by atoms with Crippen molar-refractivity contribution in [1.29, 1.82) is 0 Å². The highest BCUT2D eigenvalue weighted by Crippen LogP contribution is 2.26. The van der Waals surface area contributed by atoms with E-state index in [1.165, 1.54) is 12.1 Å². The van der Waals surface area contributed by atoms with E-state index in [2.05, 4.69) is 5.32 Å². The van der Waals surface area contributed by atoms with E-state index in [0.717, 1.165) is 5.56 Å². The first-order chi connectivity index (χ1) is 6.16. The molecule has 0 aliphatic carbocycles. The highest BCUT2D eigenvalue weighted by Gasteiger charge is 2.26. The quantitative estimate of drug-likeness (QED) is 0.685. The number of fused-ring (bicyclic) bond motifs is 1. The molecular weight excluding hydrogens is 173 g/mol. The molecule has 1 aliphatic rings. The summed E-state index contributed by atoms with van der Waals surface area (Å²) in [6, 6.07) is 3.63. The normalized spacial score (nSPS) is 19.3. The lowest BCUT2D eigenvalue weighted by Gasteiger charge is -2.03. The summed E-state index contributed by atoms with van der Waals surface area (Å²) in [5.41, 5.74) is 1.45. The fraction of sp³-hybridized carbons (Fsp3) is 0.222. The van der Waals surface area contributed by atoms with E-state index in [-0.39, 0.29) is 5.82 Å². The number of carboxylic acid groups (broad SMARTS) is 1. The molecule has 1 atom stereocenters. The van der Waals surface area contributed by atoms with Crippen LogP contribution in [0.5, 0.6) is 0 Å². The molecule has 2 N–H and O–H groups in total. The molecule has 1 aliphatic heterocycles. The largest absolute Gasteiger partial charge is 0.480 e. The number of anilines is 1. The molecule has 0 spiro atoms. The summed E-state index contributed by atoms with van der Waals surface area (Å²) in [6.45, 7) is 0. The average Bonchev–Trinajstić information content (AvgIpc) is 2.46. The van der Waals surface area contributed by atoms with Gasteiger partial charge in [0.1, 0.15) is 11.9 Å². The topological polar surface area (TPSA) is 49.3 Å². The van der Waals surface area contributed by atoms with Gasteiger partial charge in [0, 0.05) is 12.1 Å². The van der Waals surface area contributed by atoms with Crippen LogP contribution < -0.4 is 5.32 Å². The number of carbonyl (C=O) groups is 1. The first-order valence-electron chi connectivity index (χ1n) is 3.94. The van der Waals surface area contributed by atoms with Crippen LogP contribution in [0.2, 0.25) is 0 Å². The van der Waals surface area contributed by atoms with Crippen molar-refractivity contribution in [3.8, 4) is 0 Å². The van der Waals surface area contributed by atoms with Crippen molar-refractivity contribution in [1.82, 2.24) is 0 Å². The molecule has 0 radical (unpaired) electrons. The zero-order chi connectivity index (χ0) is 9.42. The monoisotopic (exact) mass is 181 g/mol. The van der Waals surface area contributed by atoms with Crippen molar-refractivity contribution in [2.24, 2.45) is 0 Å². The van der Waals surface area contributed by atoms with Gasteiger partial charge in [-0.1, -0.05) is 0 Å². The second-order valence-electron chi connectivity index (χ2n) is 3.04. The van der Waals surface area contributed by atoms with Gasteiger partial charge in [0.2, 0.25) is 0 Å². The number of hydrogen-bond donors (Lipinski definition) is 2. The van der Waals surface area contributed by atoms with E-state index in [0.29, 0.717) is 12.1 Å². The molecule has 3 nitrogen and oxygen atoms in total. The molecule has 1 aromatic carbocycles. The van der Waals surface area contributed by atoms with Crippen molar-refractivity contribution in [3.05, 3.63) is 29.6 Å². The summed E-state index contributed by atoms with van der Waals surface area (Å²) in [6.07, 6.45) is 0.350. The summed E-state index contributed by atoms with van der Waals surface area (Å²) in [5, 5.41) is 11.5. The van der Waals surface area contributed by atoms with Crippen molar-refractivity contribution < 1.29 is 14.3 Å². The fourth-order valence-electron chi connectivity index (χ4n) is 1.48. The van der Waals surface area contributed by atoms with E-state index in [1.807, 2.05) is 0 Å². The predicted molar refractivity (Wildman–Crippen MR) is 45.2 cm³/mol. The number of nitrogens with one attached hydrogen (secondary N) is 1. The number of hydrogen-bond acceptors (Lipinski definition) is 2. The number of rotatable bonds is 1. The molecule has 1 aromatic rings. The van der Waals surface area contributed by atoms with Gasteiger partial charge in [0.05, 0.1) is 0 Å². The van der Waals surface area contributed by atoms with E-state index in [9.17, 15) is 9.18 Å². The van der Waals surface area contributed by atoms with Crippen molar-refractivity contribution in [2.45, 2.75) is 12.5 Å². The molecule has 0 bridgehead atoms. The molecule has 1 heterocycles. The Balaban J connectivity index is 2.30. The van der Waals surface area contributed by atoms with Crippen LogP contribution in [0.3, 0.4) is 0 Å². The van der Waals surface area contributed by atoms with E-state index in [1.54, 1.807) is 6.07 Å². The highest BCUT2D eigenvalue weighted by atomic mass is 19.1. The third-order valence-electron chi connectivity index (χ3n) is 2.12. The maximum Gasteiger partial charge on any atom is 0.326 e. The van der Waals surface area contributed by atoms with Gasteiger partial charge < -0.3 is 10.4 Å². The van der Waals surface area contributed by atoms with Gasteiger partial charge in [0.15, 0.2) is 0 Å². The zero-order valence-electron chi connectivity index (χ0n) is 6.75. The first kappa shape index (κ1) is 8.04. The van der Waals surface area contributed by atoms with Crippen LogP contribution in [-0.2, 0) is 11.2 Å². The van der Waals surface area contributed by atoms with Crippen LogP contribution in [0.25, 0.3) is 0 Å². The van der Waals surface area contributed by atoms with Gasteiger partial charge in [0.25, 0.3) is 0 Å². The maximum atomic E-state index is 12.7. The molecule has 4 heteroatoms. The first-order valence-corrected chi connectivity index (χ1v) is 3.94. The second kappa shape index (κ2) is 2.73. The van der Waals surface area contributed by atoms with Crippen LogP contribution in [0, 0.1) is 5.82 Å². The van der Waals surface area contributed by atoms with E-state index >= 15 is 0 Å².